The summed E-state index contributed by atoms with van der Waals surface area (Å²) in [4.78, 5) is 37.7. The first-order valence-corrected chi connectivity index (χ1v) is 22.6. The monoisotopic (exact) mass is 737 g/mol. The van der Waals surface area contributed by atoms with Gasteiger partial charge in [-0.05, 0) is 37.0 Å². The fraction of sp³-hybridized carbons (Fsp3) is 0.935. The predicted octanol–water partition coefficient (Wildman–Crippen LogP) is 14.0. The van der Waals surface area contributed by atoms with Crippen LogP contribution >= 0.6 is 0 Å². The number of rotatable bonds is 39. The fourth-order valence-electron chi connectivity index (χ4n) is 6.70. The number of carbonyl (C=O) groups excluding carboxylic acids is 3. The van der Waals surface area contributed by atoms with Crippen LogP contribution in [0, 0.1) is 17.8 Å². The molecule has 0 aliphatic rings. The molecule has 1 atom stereocenters. The van der Waals surface area contributed by atoms with Crippen LogP contribution in [0.25, 0.3) is 0 Å². The molecule has 0 fully saturated rings. The van der Waals surface area contributed by atoms with E-state index in [1.807, 2.05) is 0 Å². The normalized spacial score (nSPS) is 12.2. The van der Waals surface area contributed by atoms with Gasteiger partial charge in [0, 0.05) is 19.3 Å². The Morgan fingerprint density at radius 2 is 0.558 bits per heavy atom. The van der Waals surface area contributed by atoms with Crippen LogP contribution in [0.15, 0.2) is 0 Å². The molecule has 0 unspecified atom stereocenters. The molecule has 0 N–H and O–H groups in total. The molecule has 0 spiro atoms. The highest BCUT2D eigenvalue weighted by molar-refractivity contribution is 5.71. The number of hydrogen-bond acceptors (Lipinski definition) is 6. The van der Waals surface area contributed by atoms with Gasteiger partial charge in [-0.3, -0.25) is 14.4 Å². The lowest BCUT2D eigenvalue weighted by Crippen LogP contribution is -2.30. The van der Waals surface area contributed by atoms with Crippen LogP contribution in [0.3, 0.4) is 0 Å². The molecule has 0 rings (SSSR count). The number of hydrogen-bond donors (Lipinski definition) is 0. The highest BCUT2D eigenvalue weighted by Crippen LogP contribution is 2.16. The van der Waals surface area contributed by atoms with Crippen molar-refractivity contribution in [3.05, 3.63) is 0 Å². The van der Waals surface area contributed by atoms with Crippen molar-refractivity contribution in [1.82, 2.24) is 0 Å². The first kappa shape index (κ1) is 50.4. The number of esters is 3. The van der Waals surface area contributed by atoms with E-state index >= 15 is 0 Å². The van der Waals surface area contributed by atoms with Crippen molar-refractivity contribution in [3.8, 4) is 0 Å². The van der Waals surface area contributed by atoms with Crippen LogP contribution in [-0.4, -0.2) is 37.2 Å². The Morgan fingerprint density at radius 1 is 0.327 bits per heavy atom. The van der Waals surface area contributed by atoms with E-state index in [-0.39, 0.29) is 31.1 Å². The Labute approximate surface area is 323 Å². The summed E-state index contributed by atoms with van der Waals surface area (Å²) >= 11 is 0. The molecule has 52 heavy (non-hydrogen) atoms. The summed E-state index contributed by atoms with van der Waals surface area (Å²) in [5, 5.41) is 0. The molecule has 0 aromatic heterocycles. The average molecular weight is 737 g/mol. The lowest BCUT2D eigenvalue weighted by Gasteiger charge is -2.18. The summed E-state index contributed by atoms with van der Waals surface area (Å²) in [6, 6.07) is 0. The Kier molecular flexibility index (Phi) is 36.6. The van der Waals surface area contributed by atoms with Gasteiger partial charge in [-0.25, -0.2) is 0 Å². The van der Waals surface area contributed by atoms with Crippen molar-refractivity contribution in [2.45, 2.75) is 247 Å². The van der Waals surface area contributed by atoms with Crippen molar-refractivity contribution in [2.75, 3.05) is 13.2 Å². The van der Waals surface area contributed by atoms with Crippen LogP contribution in [0.5, 0.6) is 0 Å². The van der Waals surface area contributed by atoms with Crippen LogP contribution in [-0.2, 0) is 28.6 Å². The van der Waals surface area contributed by atoms with Crippen LogP contribution in [0.1, 0.15) is 241 Å². The number of carbonyl (C=O) groups is 3. The van der Waals surface area contributed by atoms with Crippen LogP contribution in [0.4, 0.5) is 0 Å². The Hall–Kier alpha value is -1.59. The van der Waals surface area contributed by atoms with Gasteiger partial charge < -0.3 is 14.2 Å². The van der Waals surface area contributed by atoms with E-state index in [1.54, 1.807) is 0 Å². The molecule has 0 aliphatic heterocycles. The zero-order valence-electron chi connectivity index (χ0n) is 35.6. The number of unbranched alkanes of at least 4 members (excludes halogenated alkanes) is 22. The second kappa shape index (κ2) is 37.7. The molecule has 6 nitrogen and oxygen atoms in total. The van der Waals surface area contributed by atoms with Gasteiger partial charge in [0.15, 0.2) is 6.10 Å². The smallest absolute Gasteiger partial charge is 0.306 e. The molecule has 0 aliphatic carbocycles. The Balaban J connectivity index is 4.35. The molecule has 308 valence electrons. The largest absolute Gasteiger partial charge is 0.462 e. The number of ether oxygens (including phenoxy) is 3. The third-order valence-corrected chi connectivity index (χ3v) is 10.1. The second-order valence-electron chi connectivity index (χ2n) is 17.1. The van der Waals surface area contributed by atoms with E-state index in [0.29, 0.717) is 19.3 Å². The van der Waals surface area contributed by atoms with E-state index < -0.39 is 6.10 Å². The summed E-state index contributed by atoms with van der Waals surface area (Å²) in [6.07, 6.45) is 33.8. The second-order valence-corrected chi connectivity index (χ2v) is 17.1. The summed E-state index contributed by atoms with van der Waals surface area (Å²) in [5.74, 6) is 1.53. The summed E-state index contributed by atoms with van der Waals surface area (Å²) in [5.41, 5.74) is 0. The molecular formula is C46H88O6. The molecule has 6 heteroatoms. The first-order chi connectivity index (χ1) is 25.1. The third kappa shape index (κ3) is 39.6. The minimum Gasteiger partial charge on any atom is -0.462 e. The minimum absolute atomic E-state index is 0.0668. The standard InChI is InChI=1S/C46H88O6/c1-40(2)32-26-20-14-8-7-9-17-23-29-35-44(47)50-38-43(52-46(49)37-31-25-19-13-11-16-22-28-34-42(5)6)39-51-45(48)36-30-24-18-12-10-15-21-27-33-41(3)4/h40-43H,7-39H2,1-6H3/t43-/m0/s1. The molecule has 0 aromatic carbocycles. The SMILES string of the molecule is CC(C)CCCCCCCCCCCC(=O)OC[C@@H](COC(=O)CCCCCCCCCCC(C)C)OC(=O)CCCCCCCCCCC(C)C. The quantitative estimate of drug-likeness (QED) is 0.0355. The van der Waals surface area contributed by atoms with Gasteiger partial charge in [0.1, 0.15) is 13.2 Å². The molecule has 0 aromatic rings. The summed E-state index contributed by atoms with van der Waals surface area (Å²) < 4.78 is 16.7. The topological polar surface area (TPSA) is 78.9 Å². The van der Waals surface area contributed by atoms with Gasteiger partial charge in [0.25, 0.3) is 0 Å². The van der Waals surface area contributed by atoms with Crippen molar-refractivity contribution < 1.29 is 28.6 Å². The maximum atomic E-state index is 12.7. The van der Waals surface area contributed by atoms with Gasteiger partial charge in [-0.1, -0.05) is 202 Å². The van der Waals surface area contributed by atoms with Gasteiger partial charge in [0.05, 0.1) is 0 Å². The van der Waals surface area contributed by atoms with E-state index in [0.717, 1.165) is 75.5 Å². The minimum atomic E-state index is -0.762. The molecule has 0 bridgehead atoms. The highest BCUT2D eigenvalue weighted by atomic mass is 16.6. The lowest BCUT2D eigenvalue weighted by molar-refractivity contribution is -0.167. The first-order valence-electron chi connectivity index (χ1n) is 22.6. The molecule has 0 saturated carbocycles. The van der Waals surface area contributed by atoms with Crippen LogP contribution < -0.4 is 0 Å². The van der Waals surface area contributed by atoms with Gasteiger partial charge in [0.2, 0.25) is 0 Å². The van der Waals surface area contributed by atoms with Gasteiger partial charge >= 0.3 is 17.9 Å². The van der Waals surface area contributed by atoms with Crippen molar-refractivity contribution in [2.24, 2.45) is 17.8 Å². The maximum absolute atomic E-state index is 12.7. The van der Waals surface area contributed by atoms with Crippen molar-refractivity contribution in [3.63, 3.8) is 0 Å². The summed E-state index contributed by atoms with van der Waals surface area (Å²) in [6.45, 7) is 13.6. The van der Waals surface area contributed by atoms with Crippen molar-refractivity contribution in [1.29, 1.82) is 0 Å². The Morgan fingerprint density at radius 3 is 0.827 bits per heavy atom. The highest BCUT2D eigenvalue weighted by Gasteiger charge is 2.19. The van der Waals surface area contributed by atoms with Gasteiger partial charge in [-0.2, -0.15) is 0 Å². The average Bonchev–Trinajstić information content (AvgIpc) is 3.09. The van der Waals surface area contributed by atoms with Gasteiger partial charge in [-0.15, -0.1) is 0 Å². The fourth-order valence-corrected chi connectivity index (χ4v) is 6.70. The van der Waals surface area contributed by atoms with Crippen LogP contribution in [0.2, 0.25) is 0 Å². The van der Waals surface area contributed by atoms with Crippen molar-refractivity contribution >= 4 is 17.9 Å². The molecular weight excluding hydrogens is 648 g/mol. The molecule has 0 radical (unpaired) electrons. The van der Waals surface area contributed by atoms with E-state index in [2.05, 4.69) is 41.5 Å². The molecule has 0 heterocycles. The zero-order chi connectivity index (χ0) is 38.5. The van der Waals surface area contributed by atoms with E-state index in [1.165, 1.54) is 122 Å². The lowest BCUT2D eigenvalue weighted by atomic mass is 10.0. The van der Waals surface area contributed by atoms with E-state index in [9.17, 15) is 14.4 Å². The molecule has 0 amide bonds. The summed E-state index contributed by atoms with van der Waals surface area (Å²) in [7, 11) is 0. The maximum Gasteiger partial charge on any atom is 0.306 e. The zero-order valence-corrected chi connectivity index (χ0v) is 35.6. The predicted molar refractivity (Wildman–Crippen MR) is 219 cm³/mol. The molecule has 0 saturated heterocycles. The third-order valence-electron chi connectivity index (χ3n) is 10.1. The van der Waals surface area contributed by atoms with E-state index in [4.69, 9.17) is 14.2 Å². The Bertz CT molecular complexity index is 807.